The molecule has 0 saturated carbocycles. The summed E-state index contributed by atoms with van der Waals surface area (Å²) < 4.78 is 0. The largest absolute Gasteiger partial charge is 0.393 e. The van der Waals surface area contributed by atoms with Gasteiger partial charge in [-0.1, -0.05) is 29.8 Å². The molecule has 1 aromatic rings. The molecule has 14 heavy (non-hydrogen) atoms. The fourth-order valence-corrected chi connectivity index (χ4v) is 1.37. The lowest BCUT2D eigenvalue weighted by atomic mass is 10.1. The molecule has 0 unspecified atom stereocenters. The second kappa shape index (κ2) is 5.78. The Morgan fingerprint density at radius 2 is 2.21 bits per heavy atom. The van der Waals surface area contributed by atoms with Gasteiger partial charge in [0.05, 0.1) is 6.10 Å². The van der Waals surface area contributed by atoms with Crippen molar-refractivity contribution in [3.63, 3.8) is 0 Å². The zero-order valence-electron chi connectivity index (χ0n) is 8.96. The summed E-state index contributed by atoms with van der Waals surface area (Å²) in [4.78, 5) is 0. The van der Waals surface area contributed by atoms with E-state index in [1.165, 1.54) is 11.1 Å². The number of benzene rings is 1. The summed E-state index contributed by atoms with van der Waals surface area (Å²) in [6.07, 6.45) is 0.603. The predicted octanol–water partition coefficient (Wildman–Crippen LogP) is 1.86. The highest BCUT2D eigenvalue weighted by Gasteiger charge is 1.95. The molecule has 2 nitrogen and oxygen atoms in total. The number of rotatable bonds is 5. The molecule has 1 rings (SSSR count). The Morgan fingerprint density at radius 3 is 2.86 bits per heavy atom. The van der Waals surface area contributed by atoms with Crippen LogP contribution in [-0.4, -0.2) is 17.8 Å². The van der Waals surface area contributed by atoms with Crippen LogP contribution in [0.3, 0.4) is 0 Å². The Hall–Kier alpha value is -0.860. The van der Waals surface area contributed by atoms with Crippen molar-refractivity contribution in [3.8, 4) is 0 Å². The third-order valence-corrected chi connectivity index (χ3v) is 2.15. The van der Waals surface area contributed by atoms with E-state index in [9.17, 15) is 0 Å². The van der Waals surface area contributed by atoms with Gasteiger partial charge in [0.2, 0.25) is 0 Å². The molecule has 0 heterocycles. The second-order valence-corrected chi connectivity index (χ2v) is 3.80. The van der Waals surface area contributed by atoms with Crippen molar-refractivity contribution < 1.29 is 5.11 Å². The molecule has 0 radical (unpaired) electrons. The van der Waals surface area contributed by atoms with Gasteiger partial charge in [-0.15, -0.1) is 0 Å². The molecule has 0 amide bonds. The lowest BCUT2D eigenvalue weighted by molar-refractivity contribution is 0.183. The van der Waals surface area contributed by atoms with Crippen LogP contribution in [0, 0.1) is 6.92 Å². The molecular weight excluding hydrogens is 174 g/mol. The minimum Gasteiger partial charge on any atom is -0.393 e. The van der Waals surface area contributed by atoms with Crippen LogP contribution in [0.5, 0.6) is 0 Å². The van der Waals surface area contributed by atoms with E-state index in [1.807, 2.05) is 6.92 Å². The number of aliphatic hydroxyl groups excluding tert-OH is 1. The summed E-state index contributed by atoms with van der Waals surface area (Å²) in [6.45, 7) is 5.66. The van der Waals surface area contributed by atoms with E-state index in [-0.39, 0.29) is 6.10 Å². The standard InChI is InChI=1S/C12H19NO/c1-10-4-3-5-12(8-10)9-13-7-6-11(2)14/h3-5,8,11,13-14H,6-7,9H2,1-2H3/t11-/m1/s1. The summed E-state index contributed by atoms with van der Waals surface area (Å²) >= 11 is 0. The third-order valence-electron chi connectivity index (χ3n) is 2.15. The van der Waals surface area contributed by atoms with Crippen LogP contribution in [0.4, 0.5) is 0 Å². The van der Waals surface area contributed by atoms with E-state index in [0.29, 0.717) is 0 Å². The third kappa shape index (κ3) is 4.40. The van der Waals surface area contributed by atoms with Crippen molar-refractivity contribution in [3.05, 3.63) is 35.4 Å². The zero-order chi connectivity index (χ0) is 10.4. The number of aryl methyl sites for hydroxylation is 1. The Balaban J connectivity index is 2.25. The molecule has 0 bridgehead atoms. The van der Waals surface area contributed by atoms with Crippen molar-refractivity contribution in [1.82, 2.24) is 5.32 Å². The summed E-state index contributed by atoms with van der Waals surface area (Å²) in [6, 6.07) is 8.46. The predicted molar refractivity (Wildman–Crippen MR) is 59.2 cm³/mol. The summed E-state index contributed by atoms with van der Waals surface area (Å²) in [5.74, 6) is 0. The van der Waals surface area contributed by atoms with E-state index in [1.54, 1.807) is 0 Å². The molecule has 0 aliphatic heterocycles. The highest BCUT2D eigenvalue weighted by molar-refractivity contribution is 5.21. The van der Waals surface area contributed by atoms with Crippen LogP contribution >= 0.6 is 0 Å². The molecule has 0 aliphatic rings. The summed E-state index contributed by atoms with van der Waals surface area (Å²) in [5.41, 5.74) is 2.59. The maximum atomic E-state index is 9.05. The van der Waals surface area contributed by atoms with Crippen LogP contribution < -0.4 is 5.32 Å². The van der Waals surface area contributed by atoms with Gasteiger partial charge in [0, 0.05) is 6.54 Å². The fraction of sp³-hybridized carbons (Fsp3) is 0.500. The van der Waals surface area contributed by atoms with Gasteiger partial charge in [-0.2, -0.15) is 0 Å². The van der Waals surface area contributed by atoms with E-state index in [4.69, 9.17) is 5.11 Å². The molecule has 0 spiro atoms. The van der Waals surface area contributed by atoms with Crippen molar-refractivity contribution in [2.24, 2.45) is 0 Å². The topological polar surface area (TPSA) is 32.3 Å². The number of hydrogen-bond donors (Lipinski definition) is 2. The van der Waals surface area contributed by atoms with E-state index >= 15 is 0 Å². The fourth-order valence-electron chi connectivity index (χ4n) is 1.37. The Bertz CT molecular complexity index is 271. The van der Waals surface area contributed by atoms with Gasteiger partial charge in [-0.25, -0.2) is 0 Å². The van der Waals surface area contributed by atoms with E-state index < -0.39 is 0 Å². The second-order valence-electron chi connectivity index (χ2n) is 3.80. The van der Waals surface area contributed by atoms with Gasteiger partial charge in [0.1, 0.15) is 0 Å². The van der Waals surface area contributed by atoms with Gasteiger partial charge in [-0.3, -0.25) is 0 Å². The maximum Gasteiger partial charge on any atom is 0.0524 e. The first kappa shape index (κ1) is 11.2. The first-order chi connectivity index (χ1) is 6.68. The molecule has 0 aromatic heterocycles. The minimum absolute atomic E-state index is 0.208. The SMILES string of the molecule is Cc1cccc(CNCC[C@@H](C)O)c1. The lowest BCUT2D eigenvalue weighted by Gasteiger charge is -2.06. The number of hydrogen-bond acceptors (Lipinski definition) is 2. The molecule has 0 saturated heterocycles. The monoisotopic (exact) mass is 193 g/mol. The normalized spacial score (nSPS) is 12.8. The highest BCUT2D eigenvalue weighted by Crippen LogP contribution is 2.03. The van der Waals surface area contributed by atoms with Crippen molar-refractivity contribution in [2.75, 3.05) is 6.54 Å². The zero-order valence-corrected chi connectivity index (χ0v) is 8.96. The lowest BCUT2D eigenvalue weighted by Crippen LogP contribution is -2.18. The molecule has 2 N–H and O–H groups in total. The smallest absolute Gasteiger partial charge is 0.0524 e. The number of nitrogens with one attached hydrogen (secondary N) is 1. The Kier molecular flexibility index (Phi) is 4.63. The van der Waals surface area contributed by atoms with Crippen molar-refractivity contribution in [2.45, 2.75) is 32.9 Å². The Morgan fingerprint density at radius 1 is 1.43 bits per heavy atom. The van der Waals surface area contributed by atoms with Gasteiger partial charge < -0.3 is 10.4 Å². The van der Waals surface area contributed by atoms with Gasteiger partial charge in [0.15, 0.2) is 0 Å². The average Bonchev–Trinajstić information content (AvgIpc) is 2.12. The first-order valence-corrected chi connectivity index (χ1v) is 5.13. The van der Waals surface area contributed by atoms with Crippen LogP contribution in [0.1, 0.15) is 24.5 Å². The molecule has 1 aromatic carbocycles. The molecule has 1 atom stereocenters. The molecule has 2 heteroatoms. The van der Waals surface area contributed by atoms with E-state index in [0.717, 1.165) is 19.5 Å². The molecule has 0 fully saturated rings. The van der Waals surface area contributed by atoms with Crippen molar-refractivity contribution >= 4 is 0 Å². The van der Waals surface area contributed by atoms with Crippen molar-refractivity contribution in [1.29, 1.82) is 0 Å². The van der Waals surface area contributed by atoms with Crippen LogP contribution in [0.2, 0.25) is 0 Å². The van der Waals surface area contributed by atoms with Crippen LogP contribution in [0.25, 0.3) is 0 Å². The van der Waals surface area contributed by atoms with E-state index in [2.05, 4.69) is 36.5 Å². The highest BCUT2D eigenvalue weighted by atomic mass is 16.3. The minimum atomic E-state index is -0.208. The summed E-state index contributed by atoms with van der Waals surface area (Å²) in [7, 11) is 0. The Labute approximate surface area is 86.0 Å². The average molecular weight is 193 g/mol. The maximum absolute atomic E-state index is 9.05. The van der Waals surface area contributed by atoms with Crippen LogP contribution in [0.15, 0.2) is 24.3 Å². The van der Waals surface area contributed by atoms with Crippen LogP contribution in [-0.2, 0) is 6.54 Å². The molecule has 78 valence electrons. The quantitative estimate of drug-likeness (QED) is 0.699. The number of aliphatic hydroxyl groups is 1. The van der Waals surface area contributed by atoms with Gasteiger partial charge in [-0.05, 0) is 32.4 Å². The van der Waals surface area contributed by atoms with Gasteiger partial charge >= 0.3 is 0 Å². The molecular formula is C12H19NO. The summed E-state index contributed by atoms with van der Waals surface area (Å²) in [5, 5.41) is 12.4. The molecule has 0 aliphatic carbocycles. The first-order valence-electron chi connectivity index (χ1n) is 5.13. The van der Waals surface area contributed by atoms with Gasteiger partial charge in [0.25, 0.3) is 0 Å².